The number of benzene rings is 6. The lowest BCUT2D eigenvalue weighted by Gasteiger charge is -2.24. The van der Waals surface area contributed by atoms with Crippen LogP contribution < -0.4 is 26.6 Å². The Bertz CT molecular complexity index is 2320. The zero-order chi connectivity index (χ0) is 40.9. The molecule has 0 saturated carbocycles. The second kappa shape index (κ2) is 19.9. The number of pyridine rings is 2. The first kappa shape index (κ1) is 40.2. The smallest absolute Gasteiger partial charge is 0.362 e. The normalized spacial score (nSPS) is 12.0. The molecule has 8 rings (SSSR count). The minimum atomic E-state index is -0.450. The number of nitrogens with zero attached hydrogens (tertiary/aromatic N) is 2. The van der Waals surface area contributed by atoms with Gasteiger partial charge in [-0.1, -0.05) is 158 Å². The summed E-state index contributed by atoms with van der Waals surface area (Å²) < 4.78 is 20.3. The van der Waals surface area contributed by atoms with E-state index in [4.69, 9.17) is 14.0 Å². The molecule has 0 radical (unpaired) electrons. The predicted octanol–water partition coefficient (Wildman–Crippen LogP) is 6.86. The van der Waals surface area contributed by atoms with E-state index in [0.717, 1.165) is 66.8 Å². The first-order chi connectivity index (χ1) is 29.6. The Labute approximate surface area is 352 Å². The van der Waals surface area contributed by atoms with E-state index in [1.807, 2.05) is 133 Å². The van der Waals surface area contributed by atoms with Crippen molar-refractivity contribution in [2.24, 2.45) is 0 Å². The van der Waals surface area contributed by atoms with Crippen LogP contribution in [0.1, 0.15) is 51.4 Å². The van der Waals surface area contributed by atoms with Crippen molar-refractivity contribution in [2.75, 3.05) is 0 Å². The molecule has 8 aromatic rings. The van der Waals surface area contributed by atoms with Gasteiger partial charge in [0.25, 0.3) is 0 Å². The molecule has 0 bridgehead atoms. The minimum absolute atomic E-state index is 0.0236. The summed E-state index contributed by atoms with van der Waals surface area (Å²) in [5.41, 5.74) is 10.2. The van der Waals surface area contributed by atoms with Crippen molar-refractivity contribution in [1.82, 2.24) is 9.97 Å². The molecule has 2 heterocycles. The molecule has 2 atom stereocenters. The molecule has 60 heavy (non-hydrogen) atoms. The number of aromatic nitrogens is 2. The average molecular weight is 787 g/mol. The highest BCUT2D eigenvalue weighted by atomic mass is 16.5. The molecule has 2 unspecified atom stereocenters. The van der Waals surface area contributed by atoms with E-state index in [-0.39, 0.29) is 20.1 Å². The van der Waals surface area contributed by atoms with E-state index in [1.165, 1.54) is 0 Å². The molecule has 2 N–H and O–H groups in total. The third kappa shape index (κ3) is 9.97. The van der Waals surface area contributed by atoms with Crippen molar-refractivity contribution < 1.29 is 24.3 Å². The van der Waals surface area contributed by atoms with Gasteiger partial charge in [-0.3, -0.25) is 9.97 Å². The lowest BCUT2D eigenvalue weighted by Crippen LogP contribution is -2.46. The Balaban J connectivity index is 1.00. The quantitative estimate of drug-likeness (QED) is 0.0975. The largest absolute Gasteiger partial charge is 0.489 e. The molecular formula is C51H44B2N2O5. The minimum Gasteiger partial charge on any atom is -0.489 e. The summed E-state index contributed by atoms with van der Waals surface area (Å²) in [5, 5.41) is 19.3. The number of hydrogen-bond acceptors (Lipinski definition) is 7. The van der Waals surface area contributed by atoms with Crippen LogP contribution in [0.25, 0.3) is 0 Å². The molecule has 9 heteroatoms. The molecule has 7 nitrogen and oxygen atoms in total. The van der Waals surface area contributed by atoms with Gasteiger partial charge in [-0.25, -0.2) is 0 Å². The van der Waals surface area contributed by atoms with E-state index in [1.54, 1.807) is 12.4 Å². The summed E-state index contributed by atoms with van der Waals surface area (Å²) in [6, 6.07) is 64.2. The van der Waals surface area contributed by atoms with Gasteiger partial charge >= 0.3 is 13.8 Å². The molecule has 0 aliphatic rings. The van der Waals surface area contributed by atoms with E-state index in [0.29, 0.717) is 6.61 Å². The van der Waals surface area contributed by atoms with Crippen LogP contribution in [0.3, 0.4) is 0 Å². The highest BCUT2D eigenvalue weighted by Gasteiger charge is 2.30. The van der Waals surface area contributed by atoms with Gasteiger partial charge in [-0.15, -0.1) is 0 Å². The predicted molar refractivity (Wildman–Crippen MR) is 239 cm³/mol. The Morgan fingerprint density at radius 3 is 1.18 bits per heavy atom. The maximum Gasteiger partial charge on any atom is 0.362 e. The zero-order valence-corrected chi connectivity index (χ0v) is 33.1. The number of aliphatic hydroxyl groups is 2. The fourth-order valence-electron chi connectivity index (χ4n) is 7.22. The van der Waals surface area contributed by atoms with Gasteiger partial charge in [-0.05, 0) is 86.1 Å². The maximum absolute atomic E-state index is 9.66. The molecule has 0 amide bonds. The number of hydrogen-bond donors (Lipinski definition) is 2. The SMILES string of the molecule is OCc1ccc(C(OB(c2ccccc2)c2ccc(COc3ccc(B(OC(c4ccc(CO)cc4)c4ccccn4)c4ccccc4)cc3)cc2)c2ccccn2)cc1. The van der Waals surface area contributed by atoms with Gasteiger partial charge < -0.3 is 24.3 Å². The fourth-order valence-corrected chi connectivity index (χ4v) is 7.22. The number of aliphatic hydroxyl groups excluding tert-OH is 2. The van der Waals surface area contributed by atoms with Crippen LogP contribution in [0.15, 0.2) is 207 Å². The van der Waals surface area contributed by atoms with Gasteiger partial charge in [0.15, 0.2) is 0 Å². The Morgan fingerprint density at radius 1 is 0.400 bits per heavy atom. The molecular weight excluding hydrogens is 742 g/mol. The molecule has 6 aromatic carbocycles. The van der Waals surface area contributed by atoms with Crippen molar-refractivity contribution >= 4 is 35.7 Å². The molecule has 0 aliphatic carbocycles. The molecule has 294 valence electrons. The molecule has 0 aliphatic heterocycles. The van der Waals surface area contributed by atoms with Crippen molar-refractivity contribution in [1.29, 1.82) is 0 Å². The third-order valence-corrected chi connectivity index (χ3v) is 10.5. The maximum atomic E-state index is 9.66. The molecule has 0 saturated heterocycles. The van der Waals surface area contributed by atoms with E-state index >= 15 is 0 Å². The lowest BCUT2D eigenvalue weighted by molar-refractivity contribution is 0.252. The van der Waals surface area contributed by atoms with Gasteiger partial charge in [0.05, 0.1) is 24.6 Å². The summed E-state index contributed by atoms with van der Waals surface area (Å²) in [4.78, 5) is 9.34. The first-order valence-corrected chi connectivity index (χ1v) is 20.1. The topological polar surface area (TPSA) is 93.9 Å². The molecule has 0 spiro atoms. The summed E-state index contributed by atoms with van der Waals surface area (Å²) in [6.07, 6.45) is 2.67. The number of ether oxygens (including phenoxy) is 1. The standard InChI is InChI=1S/C51H44B2N2O5/c56-35-38-17-23-41(24-18-38)50(48-15-7-9-33-54-48)59-52(43-11-3-1-4-12-43)45-27-21-40(22-28-45)37-58-47-31-29-46(30-32-47)53(44-13-5-2-6-14-44)60-51(49-16-8-10-34-55-49)42-25-19-39(36-57)20-26-42/h1-34,50-51,56-57H,35-37H2. The van der Waals surface area contributed by atoms with Crippen molar-refractivity contribution in [3.8, 4) is 5.75 Å². The lowest BCUT2D eigenvalue weighted by atomic mass is 9.55. The highest BCUT2D eigenvalue weighted by Crippen LogP contribution is 2.28. The van der Waals surface area contributed by atoms with Gasteiger partial charge in [0.1, 0.15) is 24.6 Å². The van der Waals surface area contributed by atoms with Crippen LogP contribution in [-0.4, -0.2) is 34.0 Å². The van der Waals surface area contributed by atoms with Crippen LogP contribution >= 0.6 is 0 Å². The van der Waals surface area contributed by atoms with E-state index in [2.05, 4.69) is 70.6 Å². The Morgan fingerprint density at radius 2 is 0.783 bits per heavy atom. The second-order valence-corrected chi connectivity index (χ2v) is 14.5. The van der Waals surface area contributed by atoms with E-state index in [9.17, 15) is 10.2 Å². The van der Waals surface area contributed by atoms with Crippen LogP contribution in [0.4, 0.5) is 0 Å². The fraction of sp³-hybridized carbons (Fsp3) is 0.0980. The van der Waals surface area contributed by atoms with Gasteiger partial charge in [0, 0.05) is 12.4 Å². The van der Waals surface area contributed by atoms with Gasteiger partial charge in [-0.2, -0.15) is 0 Å². The first-order valence-electron chi connectivity index (χ1n) is 20.1. The van der Waals surface area contributed by atoms with Crippen LogP contribution in [-0.2, 0) is 29.1 Å². The molecule has 2 aromatic heterocycles. The second-order valence-electron chi connectivity index (χ2n) is 14.5. The summed E-state index contributed by atoms with van der Waals surface area (Å²) >= 11 is 0. The average Bonchev–Trinajstić information content (AvgIpc) is 3.33. The van der Waals surface area contributed by atoms with Crippen LogP contribution in [0.5, 0.6) is 5.75 Å². The zero-order valence-electron chi connectivity index (χ0n) is 33.1. The highest BCUT2D eigenvalue weighted by molar-refractivity contribution is 6.80. The third-order valence-electron chi connectivity index (χ3n) is 10.5. The van der Waals surface area contributed by atoms with Crippen LogP contribution in [0.2, 0.25) is 0 Å². The van der Waals surface area contributed by atoms with Crippen molar-refractivity contribution in [2.45, 2.75) is 32.0 Å². The summed E-state index contributed by atoms with van der Waals surface area (Å²) in [6.45, 7) is -0.439. The monoisotopic (exact) mass is 786 g/mol. The molecule has 0 fully saturated rings. The Hall–Kier alpha value is -6.61. The summed E-state index contributed by atoms with van der Waals surface area (Å²) in [5.74, 6) is 0.742. The van der Waals surface area contributed by atoms with Crippen molar-refractivity contribution in [3.05, 3.63) is 246 Å². The number of rotatable bonds is 17. The summed E-state index contributed by atoms with van der Waals surface area (Å²) in [7, 11) is 0. The van der Waals surface area contributed by atoms with E-state index < -0.39 is 19.1 Å². The van der Waals surface area contributed by atoms with Gasteiger partial charge in [0.2, 0.25) is 0 Å². The van der Waals surface area contributed by atoms with Crippen molar-refractivity contribution in [3.63, 3.8) is 0 Å². The Kier molecular flexibility index (Phi) is 13.3. The van der Waals surface area contributed by atoms with Crippen LogP contribution in [0, 0.1) is 0 Å².